The molecule has 3 heteroatoms. The van der Waals surface area contributed by atoms with Crippen molar-refractivity contribution in [2.24, 2.45) is 0 Å². The Labute approximate surface area is 87.7 Å². The molecule has 1 nitrogen and oxygen atoms in total. The maximum Gasteiger partial charge on any atom is 0.131 e. The lowest BCUT2D eigenvalue weighted by molar-refractivity contribution is -0.117. The Balaban J connectivity index is 2.76. The zero-order chi connectivity index (χ0) is 9.84. The van der Waals surface area contributed by atoms with Gasteiger partial charge in [0, 0.05) is 11.4 Å². The number of ketones is 1. The van der Waals surface area contributed by atoms with E-state index in [0.717, 1.165) is 5.56 Å². The fourth-order valence-electron chi connectivity index (χ4n) is 1.07. The molecule has 0 spiro atoms. The Morgan fingerprint density at radius 1 is 1.54 bits per heavy atom. The van der Waals surface area contributed by atoms with Crippen LogP contribution >= 0.6 is 23.2 Å². The summed E-state index contributed by atoms with van der Waals surface area (Å²) in [7, 11) is 0. The third kappa shape index (κ3) is 3.37. The van der Waals surface area contributed by atoms with Crippen LogP contribution < -0.4 is 0 Å². The molecule has 1 atom stereocenters. The molecule has 1 rings (SSSR count). The number of carbonyl (C=O) groups is 1. The Bertz CT molecular complexity index is 310. The molecule has 1 aromatic rings. The monoisotopic (exact) mass is 216 g/mol. The molecule has 0 amide bonds. The van der Waals surface area contributed by atoms with Gasteiger partial charge in [0.05, 0.1) is 5.38 Å². The molecule has 0 saturated heterocycles. The highest BCUT2D eigenvalue weighted by Crippen LogP contribution is 2.26. The summed E-state index contributed by atoms with van der Waals surface area (Å²) in [6.07, 6.45) is 0.349. The first-order valence-electron chi connectivity index (χ1n) is 3.98. The van der Waals surface area contributed by atoms with E-state index >= 15 is 0 Å². The van der Waals surface area contributed by atoms with E-state index in [0.29, 0.717) is 11.4 Å². The summed E-state index contributed by atoms with van der Waals surface area (Å²) in [6, 6.07) is 7.25. The topological polar surface area (TPSA) is 17.1 Å². The number of halogens is 2. The molecule has 0 aromatic heterocycles. The number of benzene rings is 1. The van der Waals surface area contributed by atoms with Crippen molar-refractivity contribution >= 4 is 29.0 Å². The predicted octanol–water partition coefficient (Wildman–Crippen LogP) is 3.60. The molecule has 1 aromatic carbocycles. The van der Waals surface area contributed by atoms with Crippen LogP contribution in [0.5, 0.6) is 0 Å². The summed E-state index contributed by atoms with van der Waals surface area (Å²) >= 11 is 11.8. The minimum absolute atomic E-state index is 0.0833. The van der Waals surface area contributed by atoms with Crippen molar-refractivity contribution in [3.8, 4) is 0 Å². The molecule has 0 fully saturated rings. The molecule has 0 N–H and O–H groups in total. The third-order valence-electron chi connectivity index (χ3n) is 1.68. The van der Waals surface area contributed by atoms with Gasteiger partial charge in [-0.3, -0.25) is 4.79 Å². The van der Waals surface area contributed by atoms with E-state index < -0.39 is 0 Å². The quantitative estimate of drug-likeness (QED) is 0.707. The molecule has 1 unspecified atom stereocenters. The standard InChI is InChI=1S/C10H10Cl2O/c1-7(13)5-10(12)8-3-2-4-9(11)6-8/h2-4,6,10H,5H2,1H3. The lowest BCUT2D eigenvalue weighted by Gasteiger charge is -2.07. The van der Waals surface area contributed by atoms with Crippen LogP contribution in [0, 0.1) is 0 Å². The van der Waals surface area contributed by atoms with Crippen LogP contribution in [0.2, 0.25) is 5.02 Å². The molecule has 0 bridgehead atoms. The summed E-state index contributed by atoms with van der Waals surface area (Å²) in [5.41, 5.74) is 0.893. The van der Waals surface area contributed by atoms with Crippen LogP contribution in [0.15, 0.2) is 24.3 Å². The van der Waals surface area contributed by atoms with E-state index in [9.17, 15) is 4.79 Å². The number of Topliss-reactive ketones (excluding diaryl/α,β-unsaturated/α-hetero) is 1. The maximum absolute atomic E-state index is 10.8. The van der Waals surface area contributed by atoms with Gasteiger partial charge in [0.15, 0.2) is 0 Å². The molecule has 0 aliphatic rings. The van der Waals surface area contributed by atoms with E-state index in [4.69, 9.17) is 23.2 Å². The zero-order valence-corrected chi connectivity index (χ0v) is 8.77. The normalized spacial score (nSPS) is 12.5. The van der Waals surface area contributed by atoms with Crippen LogP contribution in [0.4, 0.5) is 0 Å². The van der Waals surface area contributed by atoms with Crippen LogP contribution in [0.3, 0.4) is 0 Å². The summed E-state index contributed by atoms with van der Waals surface area (Å²) in [5, 5.41) is 0.378. The average molecular weight is 217 g/mol. The van der Waals surface area contributed by atoms with Crippen molar-refractivity contribution in [2.45, 2.75) is 18.7 Å². The van der Waals surface area contributed by atoms with Crippen LogP contribution in [0.1, 0.15) is 24.3 Å². The Morgan fingerprint density at radius 3 is 2.77 bits per heavy atom. The summed E-state index contributed by atoms with van der Waals surface area (Å²) in [5.74, 6) is 0.0833. The summed E-state index contributed by atoms with van der Waals surface area (Å²) < 4.78 is 0. The van der Waals surface area contributed by atoms with E-state index in [1.807, 2.05) is 12.1 Å². The van der Waals surface area contributed by atoms with Gasteiger partial charge < -0.3 is 0 Å². The highest BCUT2D eigenvalue weighted by atomic mass is 35.5. The van der Waals surface area contributed by atoms with E-state index in [1.165, 1.54) is 6.92 Å². The van der Waals surface area contributed by atoms with Crippen molar-refractivity contribution in [3.05, 3.63) is 34.9 Å². The predicted molar refractivity (Wildman–Crippen MR) is 55.3 cm³/mol. The van der Waals surface area contributed by atoms with Gasteiger partial charge in [-0.2, -0.15) is 0 Å². The molecule has 0 saturated carbocycles. The lowest BCUT2D eigenvalue weighted by atomic mass is 10.1. The maximum atomic E-state index is 10.8. The Morgan fingerprint density at radius 2 is 2.23 bits per heavy atom. The first-order valence-corrected chi connectivity index (χ1v) is 4.80. The minimum Gasteiger partial charge on any atom is -0.300 e. The first-order chi connectivity index (χ1) is 6.09. The fourth-order valence-corrected chi connectivity index (χ4v) is 1.62. The molecule has 0 radical (unpaired) electrons. The van der Waals surface area contributed by atoms with Crippen LogP contribution in [-0.2, 0) is 4.79 Å². The van der Waals surface area contributed by atoms with Gasteiger partial charge in [0.25, 0.3) is 0 Å². The number of rotatable bonds is 3. The second-order valence-corrected chi connectivity index (χ2v) is 3.89. The van der Waals surface area contributed by atoms with Crippen LogP contribution in [0.25, 0.3) is 0 Å². The van der Waals surface area contributed by atoms with E-state index in [1.54, 1.807) is 12.1 Å². The third-order valence-corrected chi connectivity index (χ3v) is 2.32. The second-order valence-electron chi connectivity index (χ2n) is 2.93. The Kier molecular flexibility index (Phi) is 3.76. The minimum atomic E-state index is -0.267. The van der Waals surface area contributed by atoms with E-state index in [-0.39, 0.29) is 11.2 Å². The molecule has 70 valence electrons. The van der Waals surface area contributed by atoms with Crippen molar-refractivity contribution in [2.75, 3.05) is 0 Å². The van der Waals surface area contributed by atoms with Crippen molar-refractivity contribution in [1.82, 2.24) is 0 Å². The van der Waals surface area contributed by atoms with Gasteiger partial charge in [-0.15, -0.1) is 11.6 Å². The summed E-state index contributed by atoms with van der Waals surface area (Å²) in [4.78, 5) is 10.8. The highest BCUT2D eigenvalue weighted by molar-refractivity contribution is 6.30. The van der Waals surface area contributed by atoms with Gasteiger partial charge in [-0.25, -0.2) is 0 Å². The van der Waals surface area contributed by atoms with Gasteiger partial charge >= 0.3 is 0 Å². The molecule has 0 heterocycles. The van der Waals surface area contributed by atoms with Crippen molar-refractivity contribution in [3.63, 3.8) is 0 Å². The molecule has 13 heavy (non-hydrogen) atoms. The van der Waals surface area contributed by atoms with Gasteiger partial charge in [0.1, 0.15) is 5.78 Å². The van der Waals surface area contributed by atoms with E-state index in [2.05, 4.69) is 0 Å². The number of hydrogen-bond donors (Lipinski definition) is 0. The zero-order valence-electron chi connectivity index (χ0n) is 7.26. The number of alkyl halides is 1. The number of hydrogen-bond acceptors (Lipinski definition) is 1. The van der Waals surface area contributed by atoms with Crippen molar-refractivity contribution in [1.29, 1.82) is 0 Å². The molecule has 0 aliphatic heterocycles. The first kappa shape index (κ1) is 10.6. The van der Waals surface area contributed by atoms with Crippen LogP contribution in [-0.4, -0.2) is 5.78 Å². The van der Waals surface area contributed by atoms with Gasteiger partial charge in [-0.05, 0) is 24.6 Å². The smallest absolute Gasteiger partial charge is 0.131 e. The number of carbonyl (C=O) groups excluding carboxylic acids is 1. The second kappa shape index (κ2) is 4.64. The average Bonchev–Trinajstić information content (AvgIpc) is 2.03. The lowest BCUT2D eigenvalue weighted by Crippen LogP contribution is -1.97. The van der Waals surface area contributed by atoms with Gasteiger partial charge in [-0.1, -0.05) is 23.7 Å². The molecule has 0 aliphatic carbocycles. The summed E-state index contributed by atoms with van der Waals surface area (Å²) in [6.45, 7) is 1.53. The Hall–Kier alpha value is -0.530. The molecular formula is C10H10Cl2O. The highest BCUT2D eigenvalue weighted by Gasteiger charge is 2.10. The van der Waals surface area contributed by atoms with Crippen molar-refractivity contribution < 1.29 is 4.79 Å². The molecular weight excluding hydrogens is 207 g/mol. The van der Waals surface area contributed by atoms with Gasteiger partial charge in [0.2, 0.25) is 0 Å². The SMILES string of the molecule is CC(=O)CC(Cl)c1cccc(Cl)c1. The fraction of sp³-hybridized carbons (Fsp3) is 0.300. The largest absolute Gasteiger partial charge is 0.300 e.